The molecule has 14 heavy (non-hydrogen) atoms. The normalized spacial score (nSPS) is 10.6. The van der Waals surface area contributed by atoms with E-state index < -0.39 is 0 Å². The third kappa shape index (κ3) is 3.02. The molecule has 1 rings (SSSR count). The van der Waals surface area contributed by atoms with Crippen molar-refractivity contribution in [1.29, 1.82) is 0 Å². The van der Waals surface area contributed by atoms with E-state index >= 15 is 0 Å². The maximum atomic E-state index is 3.45. The van der Waals surface area contributed by atoms with Crippen molar-refractivity contribution in [2.75, 3.05) is 11.4 Å². The number of halogens is 1. The van der Waals surface area contributed by atoms with Gasteiger partial charge in [-0.05, 0) is 44.5 Å². The van der Waals surface area contributed by atoms with Gasteiger partial charge in [-0.25, -0.2) is 0 Å². The Morgan fingerprint density at radius 1 is 1.21 bits per heavy atom. The van der Waals surface area contributed by atoms with Crippen LogP contribution in [-0.4, -0.2) is 12.6 Å². The fourth-order valence-corrected chi connectivity index (χ4v) is 1.82. The summed E-state index contributed by atoms with van der Waals surface area (Å²) in [5.74, 6) is 0. The highest BCUT2D eigenvalue weighted by Gasteiger charge is 2.08. The Balaban J connectivity index is 2.82. The molecule has 2 heteroatoms. The lowest BCUT2D eigenvalue weighted by molar-refractivity contribution is 0.671. The monoisotopic (exact) mass is 255 g/mol. The Morgan fingerprint density at radius 3 is 2.21 bits per heavy atom. The minimum Gasteiger partial charge on any atom is -0.369 e. The predicted octanol–water partition coefficient (Wildman–Crippen LogP) is 4.07. The molecule has 0 atom stereocenters. The van der Waals surface area contributed by atoms with Crippen LogP contribution in [0.3, 0.4) is 0 Å². The summed E-state index contributed by atoms with van der Waals surface area (Å²) in [5, 5.41) is 0. The van der Waals surface area contributed by atoms with Crippen LogP contribution < -0.4 is 4.90 Å². The highest BCUT2D eigenvalue weighted by Crippen LogP contribution is 2.20. The second kappa shape index (κ2) is 5.40. The van der Waals surface area contributed by atoms with E-state index in [2.05, 4.69) is 65.9 Å². The second-order valence-corrected chi connectivity index (χ2v) is 4.68. The summed E-state index contributed by atoms with van der Waals surface area (Å²) in [5.41, 5.74) is 1.31. The summed E-state index contributed by atoms with van der Waals surface area (Å²) in [7, 11) is 0. The maximum absolute atomic E-state index is 3.45. The van der Waals surface area contributed by atoms with Gasteiger partial charge in [-0.2, -0.15) is 0 Å². The van der Waals surface area contributed by atoms with E-state index in [4.69, 9.17) is 0 Å². The van der Waals surface area contributed by atoms with Crippen LogP contribution in [0.4, 0.5) is 5.69 Å². The van der Waals surface area contributed by atoms with Gasteiger partial charge in [-0.3, -0.25) is 0 Å². The molecule has 1 nitrogen and oxygen atoms in total. The van der Waals surface area contributed by atoms with Crippen molar-refractivity contribution in [2.45, 2.75) is 33.2 Å². The summed E-state index contributed by atoms with van der Waals surface area (Å²) in [4.78, 5) is 2.42. The van der Waals surface area contributed by atoms with E-state index in [1.54, 1.807) is 0 Å². The summed E-state index contributed by atoms with van der Waals surface area (Å²) >= 11 is 3.45. The molecule has 0 spiro atoms. The van der Waals surface area contributed by atoms with Gasteiger partial charge in [0, 0.05) is 22.7 Å². The molecule has 0 saturated carbocycles. The molecule has 0 saturated heterocycles. The van der Waals surface area contributed by atoms with E-state index in [0.29, 0.717) is 6.04 Å². The first-order valence-electron chi connectivity index (χ1n) is 5.17. The van der Waals surface area contributed by atoms with Crippen molar-refractivity contribution in [3.8, 4) is 0 Å². The van der Waals surface area contributed by atoms with Gasteiger partial charge in [0.05, 0.1) is 0 Å². The minimum atomic E-state index is 0.566. The van der Waals surface area contributed by atoms with E-state index in [1.807, 2.05) is 0 Å². The van der Waals surface area contributed by atoms with Gasteiger partial charge < -0.3 is 4.90 Å². The Labute approximate surface area is 95.2 Å². The van der Waals surface area contributed by atoms with Crippen molar-refractivity contribution < 1.29 is 0 Å². The third-order valence-corrected chi connectivity index (χ3v) is 2.77. The first-order chi connectivity index (χ1) is 6.65. The molecule has 0 N–H and O–H groups in total. The van der Waals surface area contributed by atoms with Crippen LogP contribution in [0.2, 0.25) is 0 Å². The van der Waals surface area contributed by atoms with Crippen LogP contribution in [0.25, 0.3) is 0 Å². The smallest absolute Gasteiger partial charge is 0.0369 e. The van der Waals surface area contributed by atoms with Crippen LogP contribution in [0.15, 0.2) is 28.7 Å². The number of hydrogen-bond acceptors (Lipinski definition) is 1. The van der Waals surface area contributed by atoms with Gasteiger partial charge in [0.2, 0.25) is 0 Å². The molecule has 0 bridgehead atoms. The summed E-state index contributed by atoms with van der Waals surface area (Å²) in [6, 6.07) is 9.09. The first kappa shape index (κ1) is 11.6. The van der Waals surface area contributed by atoms with E-state index in [0.717, 1.165) is 11.0 Å². The molecule has 0 aliphatic heterocycles. The minimum absolute atomic E-state index is 0.566. The molecule has 0 radical (unpaired) electrons. The molecule has 0 aromatic heterocycles. The van der Waals surface area contributed by atoms with E-state index in [1.165, 1.54) is 12.1 Å². The highest BCUT2D eigenvalue weighted by molar-refractivity contribution is 9.10. The third-order valence-electron chi connectivity index (χ3n) is 2.25. The molecule has 0 fully saturated rings. The molecule has 1 aromatic carbocycles. The van der Waals surface area contributed by atoms with Crippen molar-refractivity contribution >= 4 is 21.6 Å². The number of anilines is 1. The zero-order chi connectivity index (χ0) is 10.6. The second-order valence-electron chi connectivity index (χ2n) is 3.76. The zero-order valence-corrected chi connectivity index (χ0v) is 10.7. The fourth-order valence-electron chi connectivity index (χ4n) is 1.56. The van der Waals surface area contributed by atoms with Gasteiger partial charge in [0.25, 0.3) is 0 Å². The molecule has 0 unspecified atom stereocenters. The standard InChI is InChI=1S/C12H18BrN/c1-4-9-14(10(2)3)12-7-5-11(13)6-8-12/h5-8,10H,4,9H2,1-3H3. The quantitative estimate of drug-likeness (QED) is 0.784. The molecule has 78 valence electrons. The van der Waals surface area contributed by atoms with Crippen LogP contribution >= 0.6 is 15.9 Å². The lowest BCUT2D eigenvalue weighted by atomic mass is 10.2. The molecule has 1 aromatic rings. The van der Waals surface area contributed by atoms with Crippen LogP contribution in [0.5, 0.6) is 0 Å². The topological polar surface area (TPSA) is 3.24 Å². The SMILES string of the molecule is CCCN(c1ccc(Br)cc1)C(C)C. The van der Waals surface area contributed by atoms with Gasteiger partial charge in [-0.15, -0.1) is 0 Å². The van der Waals surface area contributed by atoms with Gasteiger partial charge in [0.15, 0.2) is 0 Å². The molecular weight excluding hydrogens is 238 g/mol. The number of hydrogen-bond donors (Lipinski definition) is 0. The lowest BCUT2D eigenvalue weighted by Crippen LogP contribution is -2.31. The Hall–Kier alpha value is -0.500. The molecule has 0 heterocycles. The summed E-state index contributed by atoms with van der Waals surface area (Å²) < 4.78 is 1.14. The largest absolute Gasteiger partial charge is 0.369 e. The summed E-state index contributed by atoms with van der Waals surface area (Å²) in [6.07, 6.45) is 1.19. The average molecular weight is 256 g/mol. The molecule has 0 aliphatic rings. The first-order valence-corrected chi connectivity index (χ1v) is 5.96. The van der Waals surface area contributed by atoms with Gasteiger partial charge in [-0.1, -0.05) is 22.9 Å². The zero-order valence-electron chi connectivity index (χ0n) is 9.13. The lowest BCUT2D eigenvalue weighted by Gasteiger charge is -2.28. The highest BCUT2D eigenvalue weighted by atomic mass is 79.9. The number of benzene rings is 1. The maximum Gasteiger partial charge on any atom is 0.0369 e. The Bertz CT molecular complexity index is 266. The molecular formula is C12H18BrN. The summed E-state index contributed by atoms with van der Waals surface area (Å²) in [6.45, 7) is 7.81. The number of rotatable bonds is 4. The van der Waals surface area contributed by atoms with Crippen molar-refractivity contribution in [1.82, 2.24) is 0 Å². The predicted molar refractivity (Wildman–Crippen MR) is 66.9 cm³/mol. The molecule has 0 aliphatic carbocycles. The molecule has 0 amide bonds. The fraction of sp³-hybridized carbons (Fsp3) is 0.500. The van der Waals surface area contributed by atoms with Crippen LogP contribution in [-0.2, 0) is 0 Å². The van der Waals surface area contributed by atoms with Gasteiger partial charge >= 0.3 is 0 Å². The van der Waals surface area contributed by atoms with Crippen molar-refractivity contribution in [2.24, 2.45) is 0 Å². The van der Waals surface area contributed by atoms with E-state index in [-0.39, 0.29) is 0 Å². The van der Waals surface area contributed by atoms with E-state index in [9.17, 15) is 0 Å². The number of nitrogens with zero attached hydrogens (tertiary/aromatic N) is 1. The van der Waals surface area contributed by atoms with Crippen LogP contribution in [0.1, 0.15) is 27.2 Å². The van der Waals surface area contributed by atoms with Crippen LogP contribution in [0, 0.1) is 0 Å². The van der Waals surface area contributed by atoms with Crippen molar-refractivity contribution in [3.63, 3.8) is 0 Å². The Morgan fingerprint density at radius 2 is 1.79 bits per heavy atom. The Kier molecular flexibility index (Phi) is 4.46. The van der Waals surface area contributed by atoms with Crippen molar-refractivity contribution in [3.05, 3.63) is 28.7 Å². The van der Waals surface area contributed by atoms with Gasteiger partial charge in [0.1, 0.15) is 0 Å². The average Bonchev–Trinajstić information content (AvgIpc) is 2.15.